The summed E-state index contributed by atoms with van der Waals surface area (Å²) in [6, 6.07) is 6.23. The van der Waals surface area contributed by atoms with E-state index in [0.717, 1.165) is 36.7 Å². The highest BCUT2D eigenvalue weighted by molar-refractivity contribution is 6.02. The van der Waals surface area contributed by atoms with Gasteiger partial charge in [0.25, 0.3) is 5.91 Å². The first-order chi connectivity index (χ1) is 12.4. The largest absolute Gasteiger partial charge is 0.334 e. The van der Waals surface area contributed by atoms with Crippen molar-refractivity contribution in [1.29, 1.82) is 0 Å². The molecule has 3 rings (SSSR count). The van der Waals surface area contributed by atoms with Crippen LogP contribution in [0.15, 0.2) is 48.8 Å². The van der Waals surface area contributed by atoms with E-state index in [1.54, 1.807) is 0 Å². The smallest absolute Gasteiger partial charge is 0.275 e. The molecule has 0 aliphatic carbocycles. The molecule has 0 aliphatic rings. The maximum atomic E-state index is 13.6. The topological polar surface area (TPSA) is 66.9 Å². The molecule has 1 heterocycles. The van der Waals surface area contributed by atoms with Crippen LogP contribution in [0, 0.1) is 23.3 Å². The van der Waals surface area contributed by atoms with E-state index in [2.05, 4.69) is 20.6 Å². The van der Waals surface area contributed by atoms with E-state index in [-0.39, 0.29) is 17.2 Å². The molecule has 1 aromatic heterocycles. The minimum Gasteiger partial charge on any atom is -0.334 e. The molecule has 0 unspecified atom stereocenters. The van der Waals surface area contributed by atoms with Gasteiger partial charge in [-0.3, -0.25) is 4.79 Å². The second-order valence-electron chi connectivity index (χ2n) is 5.09. The zero-order valence-electron chi connectivity index (χ0n) is 12.9. The number of hydrogen-bond donors (Lipinski definition) is 2. The van der Waals surface area contributed by atoms with Crippen molar-refractivity contribution in [2.24, 2.45) is 0 Å². The third-order valence-electron chi connectivity index (χ3n) is 3.28. The average molecular weight is 362 g/mol. The molecule has 26 heavy (non-hydrogen) atoms. The lowest BCUT2D eigenvalue weighted by Gasteiger charge is -2.08. The lowest BCUT2D eigenvalue weighted by molar-refractivity contribution is 0.102. The van der Waals surface area contributed by atoms with Crippen molar-refractivity contribution < 1.29 is 22.4 Å². The first kappa shape index (κ1) is 17.3. The van der Waals surface area contributed by atoms with E-state index in [9.17, 15) is 22.4 Å². The summed E-state index contributed by atoms with van der Waals surface area (Å²) in [7, 11) is 0. The van der Waals surface area contributed by atoms with Crippen LogP contribution >= 0.6 is 0 Å². The first-order valence-electron chi connectivity index (χ1n) is 7.23. The predicted molar refractivity (Wildman–Crippen MR) is 86.0 cm³/mol. The van der Waals surface area contributed by atoms with Crippen LogP contribution in [0.5, 0.6) is 0 Å². The summed E-state index contributed by atoms with van der Waals surface area (Å²) < 4.78 is 53.2. The molecule has 0 saturated carbocycles. The highest BCUT2D eigenvalue weighted by Crippen LogP contribution is 2.21. The minimum absolute atomic E-state index is 0.0124. The first-order valence-corrected chi connectivity index (χ1v) is 7.23. The van der Waals surface area contributed by atoms with Crippen molar-refractivity contribution >= 4 is 23.1 Å². The number of carbonyl (C=O) groups is 1. The minimum atomic E-state index is -1.11. The van der Waals surface area contributed by atoms with Crippen LogP contribution in [0.4, 0.5) is 34.8 Å². The van der Waals surface area contributed by atoms with Crippen LogP contribution in [-0.4, -0.2) is 15.9 Å². The van der Waals surface area contributed by atoms with Gasteiger partial charge in [0.05, 0.1) is 12.4 Å². The SMILES string of the molecule is O=C(Nc1ccc(F)c(F)c1)c1cnc(Nc2c(F)cccc2F)cn1. The molecule has 1 amide bonds. The molecule has 132 valence electrons. The highest BCUT2D eigenvalue weighted by Gasteiger charge is 2.12. The number of halogens is 4. The number of rotatable bonds is 4. The van der Waals surface area contributed by atoms with Crippen LogP contribution in [0.2, 0.25) is 0 Å². The Bertz CT molecular complexity index is 943. The summed E-state index contributed by atoms with van der Waals surface area (Å²) in [6.07, 6.45) is 2.17. The van der Waals surface area contributed by atoms with Gasteiger partial charge in [0, 0.05) is 11.8 Å². The number of amides is 1. The molecule has 0 bridgehead atoms. The summed E-state index contributed by atoms with van der Waals surface area (Å²) in [4.78, 5) is 19.7. The monoisotopic (exact) mass is 362 g/mol. The zero-order chi connectivity index (χ0) is 18.7. The fourth-order valence-electron chi connectivity index (χ4n) is 2.02. The van der Waals surface area contributed by atoms with Gasteiger partial charge in [0.2, 0.25) is 0 Å². The van der Waals surface area contributed by atoms with E-state index in [1.807, 2.05) is 0 Å². The Morgan fingerprint density at radius 1 is 0.846 bits per heavy atom. The quantitative estimate of drug-likeness (QED) is 0.688. The fraction of sp³-hybridized carbons (Fsp3) is 0. The molecular formula is C17H10F4N4O. The third-order valence-corrected chi connectivity index (χ3v) is 3.28. The van der Waals surface area contributed by atoms with Gasteiger partial charge in [-0.05, 0) is 24.3 Å². The van der Waals surface area contributed by atoms with Crippen molar-refractivity contribution in [3.63, 3.8) is 0 Å². The van der Waals surface area contributed by atoms with Crippen molar-refractivity contribution in [2.45, 2.75) is 0 Å². The van der Waals surface area contributed by atoms with Gasteiger partial charge >= 0.3 is 0 Å². The summed E-state index contributed by atoms with van der Waals surface area (Å²) in [5.41, 5.74) is -0.499. The lowest BCUT2D eigenvalue weighted by atomic mass is 10.3. The average Bonchev–Trinajstić information content (AvgIpc) is 2.62. The van der Waals surface area contributed by atoms with Crippen LogP contribution in [0.25, 0.3) is 0 Å². The Hall–Kier alpha value is -3.49. The zero-order valence-corrected chi connectivity index (χ0v) is 12.9. The number of aromatic nitrogens is 2. The molecule has 0 spiro atoms. The standard InChI is InChI=1S/C17H10F4N4O/c18-10-5-4-9(6-13(10)21)24-17(26)14-7-23-15(8-22-14)25-16-11(19)2-1-3-12(16)20/h1-8H,(H,23,25)(H,24,26). The van der Waals surface area contributed by atoms with Crippen LogP contribution in [-0.2, 0) is 0 Å². The molecule has 0 fully saturated rings. The van der Waals surface area contributed by atoms with Gasteiger partial charge in [-0.2, -0.15) is 0 Å². The number of anilines is 3. The Morgan fingerprint density at radius 2 is 1.58 bits per heavy atom. The van der Waals surface area contributed by atoms with Gasteiger partial charge in [0.15, 0.2) is 11.6 Å². The second kappa shape index (κ2) is 7.18. The van der Waals surface area contributed by atoms with Gasteiger partial charge in [0.1, 0.15) is 28.8 Å². The third kappa shape index (κ3) is 3.77. The van der Waals surface area contributed by atoms with Crippen LogP contribution in [0.1, 0.15) is 10.5 Å². The van der Waals surface area contributed by atoms with Crippen molar-refractivity contribution in [1.82, 2.24) is 9.97 Å². The number of nitrogens with one attached hydrogen (secondary N) is 2. The molecule has 0 saturated heterocycles. The summed E-state index contributed by atoms with van der Waals surface area (Å²) >= 11 is 0. The van der Waals surface area contributed by atoms with Crippen molar-refractivity contribution in [3.8, 4) is 0 Å². The summed E-state index contributed by atoms with van der Waals surface area (Å²) in [5.74, 6) is -4.48. The lowest BCUT2D eigenvalue weighted by Crippen LogP contribution is -2.14. The molecule has 0 atom stereocenters. The predicted octanol–water partition coefficient (Wildman–Crippen LogP) is 4.03. The van der Waals surface area contributed by atoms with Gasteiger partial charge in [-0.25, -0.2) is 27.5 Å². The summed E-state index contributed by atoms with van der Waals surface area (Å²) in [5, 5.41) is 4.75. The number of nitrogens with zero attached hydrogens (tertiary/aromatic N) is 2. The van der Waals surface area contributed by atoms with E-state index < -0.39 is 34.9 Å². The van der Waals surface area contributed by atoms with Gasteiger partial charge in [-0.1, -0.05) is 6.07 Å². The van der Waals surface area contributed by atoms with Crippen molar-refractivity contribution in [2.75, 3.05) is 10.6 Å². The Morgan fingerprint density at radius 3 is 2.19 bits per heavy atom. The number of benzene rings is 2. The number of hydrogen-bond acceptors (Lipinski definition) is 4. The maximum Gasteiger partial charge on any atom is 0.275 e. The van der Waals surface area contributed by atoms with E-state index in [0.29, 0.717) is 0 Å². The Balaban J connectivity index is 1.72. The Labute approximate surface area is 144 Å². The fourth-order valence-corrected chi connectivity index (χ4v) is 2.02. The van der Waals surface area contributed by atoms with Crippen molar-refractivity contribution in [3.05, 3.63) is 77.8 Å². The molecule has 3 aromatic rings. The molecule has 9 heteroatoms. The molecule has 2 aromatic carbocycles. The van der Waals surface area contributed by atoms with Crippen LogP contribution < -0.4 is 10.6 Å². The van der Waals surface area contributed by atoms with E-state index in [1.165, 1.54) is 12.1 Å². The molecule has 2 N–H and O–H groups in total. The summed E-state index contributed by atoms with van der Waals surface area (Å²) in [6.45, 7) is 0. The van der Waals surface area contributed by atoms with E-state index >= 15 is 0 Å². The molecule has 0 radical (unpaired) electrons. The molecular weight excluding hydrogens is 352 g/mol. The molecule has 5 nitrogen and oxygen atoms in total. The second-order valence-corrected chi connectivity index (χ2v) is 5.09. The maximum absolute atomic E-state index is 13.6. The number of para-hydroxylation sites is 1. The van der Waals surface area contributed by atoms with Crippen LogP contribution in [0.3, 0.4) is 0 Å². The Kier molecular flexibility index (Phi) is 4.78. The van der Waals surface area contributed by atoms with E-state index in [4.69, 9.17) is 0 Å². The van der Waals surface area contributed by atoms with Gasteiger partial charge in [-0.15, -0.1) is 0 Å². The number of carbonyl (C=O) groups excluding carboxylic acids is 1. The normalized spacial score (nSPS) is 10.5. The highest BCUT2D eigenvalue weighted by atomic mass is 19.2. The van der Waals surface area contributed by atoms with Gasteiger partial charge < -0.3 is 10.6 Å². The molecule has 0 aliphatic heterocycles.